The van der Waals surface area contributed by atoms with Gasteiger partial charge in [-0.3, -0.25) is 4.79 Å². The Morgan fingerprint density at radius 2 is 1.71 bits per heavy atom. The van der Waals surface area contributed by atoms with Crippen molar-refractivity contribution in [2.45, 2.75) is 20.5 Å². The first-order valence-corrected chi connectivity index (χ1v) is 9.83. The van der Waals surface area contributed by atoms with E-state index in [-0.39, 0.29) is 21.4 Å². The highest BCUT2D eigenvalue weighted by Crippen LogP contribution is 2.27. The zero-order valence-electron chi connectivity index (χ0n) is 16.5. The first kappa shape index (κ1) is 22.8. The molecule has 0 saturated carbocycles. The first-order valence-electron chi connectivity index (χ1n) is 9.07. The number of hydrogen-bond donors (Lipinski definition) is 0. The zero-order valence-corrected chi connectivity index (χ0v) is 18.0. The Bertz CT molecular complexity index is 1130. The Morgan fingerprint density at radius 1 is 1.03 bits per heavy atom. The molecule has 3 rings (SSSR count). The Balaban J connectivity index is 1.76. The molecule has 0 amide bonds. The highest BCUT2D eigenvalue weighted by atomic mass is 35.5. The van der Waals surface area contributed by atoms with Gasteiger partial charge >= 0.3 is 12.6 Å². The molecule has 162 valence electrons. The molecule has 0 aliphatic rings. The standard InChI is InChI=1S/C22H17Cl2F2NO4/c1-12-10-17(13(2)27(12)14-6-8-15(9-7-14)31-22(25)26)19(28)11-30-21(29)16-4-3-5-18(23)20(16)24/h3-10,22H,11H2,1-2H3. The van der Waals surface area contributed by atoms with Crippen LogP contribution in [0.4, 0.5) is 8.78 Å². The summed E-state index contributed by atoms with van der Waals surface area (Å²) in [5.41, 5.74) is 2.46. The third-order valence-corrected chi connectivity index (χ3v) is 5.38. The van der Waals surface area contributed by atoms with Crippen molar-refractivity contribution < 1.29 is 27.8 Å². The van der Waals surface area contributed by atoms with Crippen molar-refractivity contribution >= 4 is 35.0 Å². The molecular weight excluding hydrogens is 451 g/mol. The van der Waals surface area contributed by atoms with E-state index < -0.39 is 25.0 Å². The molecule has 1 aromatic heterocycles. The number of hydrogen-bond acceptors (Lipinski definition) is 4. The maximum absolute atomic E-state index is 12.7. The van der Waals surface area contributed by atoms with E-state index >= 15 is 0 Å². The molecule has 0 fully saturated rings. The van der Waals surface area contributed by atoms with Gasteiger partial charge in [0.1, 0.15) is 5.75 Å². The van der Waals surface area contributed by atoms with Crippen LogP contribution >= 0.6 is 23.2 Å². The number of carbonyl (C=O) groups excluding carboxylic acids is 2. The number of nitrogens with zero attached hydrogens (tertiary/aromatic N) is 1. The monoisotopic (exact) mass is 467 g/mol. The van der Waals surface area contributed by atoms with Crippen LogP contribution in [0.15, 0.2) is 48.5 Å². The molecule has 0 aliphatic carbocycles. The van der Waals surface area contributed by atoms with Gasteiger partial charge in [-0.05, 0) is 56.3 Å². The summed E-state index contributed by atoms with van der Waals surface area (Å²) in [5, 5.41) is 0.259. The maximum atomic E-state index is 12.7. The lowest BCUT2D eigenvalue weighted by Gasteiger charge is -2.11. The van der Waals surface area contributed by atoms with E-state index in [1.54, 1.807) is 42.7 Å². The smallest absolute Gasteiger partial charge is 0.387 e. The Labute approximate surface area is 187 Å². The SMILES string of the molecule is Cc1cc(C(=O)COC(=O)c2cccc(Cl)c2Cl)c(C)n1-c1ccc(OC(F)F)cc1. The van der Waals surface area contributed by atoms with Crippen molar-refractivity contribution in [3.05, 3.63) is 81.1 Å². The third kappa shape index (κ3) is 5.06. The van der Waals surface area contributed by atoms with Gasteiger partial charge in [-0.25, -0.2) is 4.79 Å². The number of ether oxygens (including phenoxy) is 2. The van der Waals surface area contributed by atoms with Crippen molar-refractivity contribution in [3.63, 3.8) is 0 Å². The maximum Gasteiger partial charge on any atom is 0.387 e. The van der Waals surface area contributed by atoms with Gasteiger partial charge in [0.05, 0.1) is 15.6 Å². The van der Waals surface area contributed by atoms with E-state index in [9.17, 15) is 18.4 Å². The summed E-state index contributed by atoms with van der Waals surface area (Å²) in [7, 11) is 0. The topological polar surface area (TPSA) is 57.5 Å². The highest BCUT2D eigenvalue weighted by Gasteiger charge is 2.20. The molecule has 0 aliphatic heterocycles. The van der Waals surface area contributed by atoms with Crippen LogP contribution in [0, 0.1) is 13.8 Å². The van der Waals surface area contributed by atoms with E-state index in [0.29, 0.717) is 16.9 Å². The van der Waals surface area contributed by atoms with Crippen molar-refractivity contribution in [1.82, 2.24) is 4.57 Å². The zero-order chi connectivity index (χ0) is 22.7. The highest BCUT2D eigenvalue weighted by molar-refractivity contribution is 6.43. The minimum absolute atomic E-state index is 0.0316. The van der Waals surface area contributed by atoms with E-state index in [1.807, 2.05) is 0 Å². The summed E-state index contributed by atoms with van der Waals surface area (Å²) in [6.45, 7) is 0.146. The van der Waals surface area contributed by atoms with Crippen LogP contribution in [0.3, 0.4) is 0 Å². The van der Waals surface area contributed by atoms with E-state index in [1.165, 1.54) is 24.3 Å². The van der Waals surface area contributed by atoms with Crippen LogP contribution in [0.25, 0.3) is 5.69 Å². The van der Waals surface area contributed by atoms with Crippen molar-refractivity contribution in [1.29, 1.82) is 0 Å². The number of aryl methyl sites for hydroxylation is 1. The number of esters is 1. The van der Waals surface area contributed by atoms with Gasteiger partial charge in [0, 0.05) is 22.6 Å². The second-order valence-electron chi connectivity index (χ2n) is 6.59. The van der Waals surface area contributed by atoms with Gasteiger partial charge in [0.15, 0.2) is 6.61 Å². The van der Waals surface area contributed by atoms with Crippen molar-refractivity contribution in [2.24, 2.45) is 0 Å². The molecule has 5 nitrogen and oxygen atoms in total. The number of benzene rings is 2. The lowest BCUT2D eigenvalue weighted by molar-refractivity contribution is -0.0498. The minimum atomic E-state index is -2.91. The molecule has 0 unspecified atom stereocenters. The van der Waals surface area contributed by atoms with E-state index in [0.717, 1.165) is 5.69 Å². The number of Topliss-reactive ketones (excluding diaryl/α,β-unsaturated/α-hetero) is 1. The number of ketones is 1. The summed E-state index contributed by atoms with van der Waals surface area (Å²) in [4.78, 5) is 24.9. The largest absolute Gasteiger partial charge is 0.454 e. The van der Waals surface area contributed by atoms with Crippen LogP contribution in [0.5, 0.6) is 5.75 Å². The normalized spacial score (nSPS) is 10.9. The van der Waals surface area contributed by atoms with Gasteiger partial charge in [0.2, 0.25) is 5.78 Å². The molecular formula is C22H17Cl2F2NO4. The average Bonchev–Trinajstić information content (AvgIpc) is 3.02. The molecule has 3 aromatic rings. The predicted molar refractivity (Wildman–Crippen MR) is 113 cm³/mol. The molecule has 9 heteroatoms. The van der Waals surface area contributed by atoms with Crippen LogP contribution in [0.1, 0.15) is 32.1 Å². The fraction of sp³-hybridized carbons (Fsp3) is 0.182. The van der Waals surface area contributed by atoms with E-state index in [2.05, 4.69) is 4.74 Å². The fourth-order valence-electron chi connectivity index (χ4n) is 3.17. The number of halogens is 4. The molecule has 2 aromatic carbocycles. The summed E-state index contributed by atoms with van der Waals surface area (Å²) in [6, 6.07) is 12.2. The second-order valence-corrected chi connectivity index (χ2v) is 7.38. The molecule has 31 heavy (non-hydrogen) atoms. The van der Waals surface area contributed by atoms with Crippen LogP contribution in [-0.4, -0.2) is 29.5 Å². The molecule has 0 N–H and O–H groups in total. The minimum Gasteiger partial charge on any atom is -0.454 e. The quantitative estimate of drug-likeness (QED) is 0.313. The fourth-order valence-corrected chi connectivity index (χ4v) is 3.54. The lowest BCUT2D eigenvalue weighted by atomic mass is 10.1. The van der Waals surface area contributed by atoms with Gasteiger partial charge in [-0.1, -0.05) is 29.3 Å². The molecule has 0 radical (unpaired) electrons. The van der Waals surface area contributed by atoms with Gasteiger partial charge in [-0.15, -0.1) is 0 Å². The molecule has 0 bridgehead atoms. The number of carbonyl (C=O) groups is 2. The first-order chi connectivity index (χ1) is 14.7. The van der Waals surface area contributed by atoms with Gasteiger partial charge < -0.3 is 14.0 Å². The number of rotatable bonds is 7. The Kier molecular flexibility index (Phi) is 6.97. The summed E-state index contributed by atoms with van der Waals surface area (Å²) >= 11 is 11.9. The number of alkyl halides is 2. The summed E-state index contributed by atoms with van der Waals surface area (Å²) in [5.74, 6) is -1.13. The molecule has 0 atom stereocenters. The van der Waals surface area contributed by atoms with Gasteiger partial charge in [-0.2, -0.15) is 8.78 Å². The van der Waals surface area contributed by atoms with Gasteiger partial charge in [0.25, 0.3) is 0 Å². The molecule has 0 saturated heterocycles. The third-order valence-electron chi connectivity index (χ3n) is 4.56. The summed E-state index contributed by atoms with van der Waals surface area (Å²) in [6.07, 6.45) is 0. The Hall–Kier alpha value is -2.90. The van der Waals surface area contributed by atoms with Crippen LogP contribution in [-0.2, 0) is 4.74 Å². The average molecular weight is 468 g/mol. The molecule has 0 spiro atoms. The predicted octanol–water partition coefficient (Wildman–Crippen LogP) is 6.04. The van der Waals surface area contributed by atoms with E-state index in [4.69, 9.17) is 27.9 Å². The lowest BCUT2D eigenvalue weighted by Crippen LogP contribution is -2.15. The van der Waals surface area contributed by atoms with Crippen molar-refractivity contribution in [3.8, 4) is 11.4 Å². The van der Waals surface area contributed by atoms with Crippen molar-refractivity contribution in [2.75, 3.05) is 6.61 Å². The Morgan fingerprint density at radius 3 is 2.35 bits per heavy atom. The number of aromatic nitrogens is 1. The van der Waals surface area contributed by atoms with Crippen LogP contribution < -0.4 is 4.74 Å². The second kappa shape index (κ2) is 9.49. The van der Waals surface area contributed by atoms with Crippen LogP contribution in [0.2, 0.25) is 10.0 Å². The molecule has 1 heterocycles. The summed E-state index contributed by atoms with van der Waals surface area (Å²) < 4.78 is 35.9.